The van der Waals surface area contributed by atoms with Gasteiger partial charge in [0.1, 0.15) is 0 Å². The Morgan fingerprint density at radius 2 is 1.79 bits per heavy atom. The number of thiazole rings is 1. The van der Waals surface area contributed by atoms with Gasteiger partial charge in [0.05, 0.1) is 10.2 Å². The van der Waals surface area contributed by atoms with Crippen molar-refractivity contribution < 1.29 is 4.79 Å². The Morgan fingerprint density at radius 1 is 1.10 bits per heavy atom. The Bertz CT molecular complexity index is 970. The second kappa shape index (κ2) is 10.4. The highest BCUT2D eigenvalue weighted by atomic mass is 35.5. The predicted octanol–water partition coefficient (Wildman–Crippen LogP) is 5.66. The maximum Gasteiger partial charge on any atom is 0.260 e. The van der Waals surface area contributed by atoms with E-state index in [2.05, 4.69) is 37.8 Å². The molecule has 156 valence electrons. The average molecular weight is 450 g/mol. The standard InChI is InChI=1S/C22H27N3OS2.ClH/c1-6-27-18-9-7-17(8-10-18)21(26)25(12-11-24(4)5)22-23-20-16(3)13-15(2)14-19(20)28-22;/h7-10,13-14H,6,11-12H2,1-5H3;1H. The van der Waals surface area contributed by atoms with E-state index in [1.165, 1.54) is 10.5 Å². The molecule has 0 aliphatic rings. The highest BCUT2D eigenvalue weighted by molar-refractivity contribution is 7.99. The number of fused-ring (bicyclic) bond motifs is 1. The van der Waals surface area contributed by atoms with Gasteiger partial charge in [-0.25, -0.2) is 4.98 Å². The number of amides is 1. The van der Waals surface area contributed by atoms with Crippen molar-refractivity contribution in [1.29, 1.82) is 0 Å². The summed E-state index contributed by atoms with van der Waals surface area (Å²) in [6.45, 7) is 7.69. The van der Waals surface area contributed by atoms with Crippen molar-refractivity contribution in [1.82, 2.24) is 9.88 Å². The molecule has 0 saturated carbocycles. The SMILES string of the molecule is CCSc1ccc(C(=O)N(CCN(C)C)c2nc3c(C)cc(C)cc3s2)cc1.Cl. The molecule has 0 bridgehead atoms. The zero-order valence-electron chi connectivity index (χ0n) is 17.6. The first-order chi connectivity index (χ1) is 13.4. The molecule has 0 aliphatic carbocycles. The van der Waals surface area contributed by atoms with Gasteiger partial charge in [-0.1, -0.05) is 24.3 Å². The molecule has 0 N–H and O–H groups in total. The summed E-state index contributed by atoms with van der Waals surface area (Å²) in [5.74, 6) is 1.02. The van der Waals surface area contributed by atoms with E-state index >= 15 is 0 Å². The number of aromatic nitrogens is 1. The molecule has 0 spiro atoms. The van der Waals surface area contributed by atoms with Crippen molar-refractivity contribution in [2.24, 2.45) is 0 Å². The molecule has 1 aromatic heterocycles. The third-order valence-electron chi connectivity index (χ3n) is 4.48. The van der Waals surface area contributed by atoms with Crippen molar-refractivity contribution in [3.05, 3.63) is 53.1 Å². The lowest BCUT2D eigenvalue weighted by molar-refractivity contribution is 0.0985. The van der Waals surface area contributed by atoms with Crippen LogP contribution in [0.25, 0.3) is 10.2 Å². The third kappa shape index (κ3) is 5.72. The van der Waals surface area contributed by atoms with Gasteiger partial charge in [0.25, 0.3) is 5.91 Å². The number of carbonyl (C=O) groups excluding carboxylic acids is 1. The summed E-state index contributed by atoms with van der Waals surface area (Å²) in [5, 5.41) is 0.766. The Balaban J connectivity index is 0.00000300. The summed E-state index contributed by atoms with van der Waals surface area (Å²) in [5.41, 5.74) is 4.06. The van der Waals surface area contributed by atoms with Gasteiger partial charge in [-0.05, 0) is 75.2 Å². The Morgan fingerprint density at radius 3 is 2.41 bits per heavy atom. The van der Waals surface area contributed by atoms with E-state index in [0.29, 0.717) is 12.1 Å². The van der Waals surface area contributed by atoms with Gasteiger partial charge in [-0.2, -0.15) is 0 Å². The molecule has 3 rings (SSSR count). The van der Waals surface area contributed by atoms with Crippen molar-refractivity contribution in [3.8, 4) is 0 Å². The molecule has 0 radical (unpaired) electrons. The Kier molecular flexibility index (Phi) is 8.52. The predicted molar refractivity (Wildman–Crippen MR) is 129 cm³/mol. The molecule has 0 saturated heterocycles. The molecule has 1 heterocycles. The Labute approximate surface area is 187 Å². The van der Waals surface area contributed by atoms with E-state index in [9.17, 15) is 4.79 Å². The lowest BCUT2D eigenvalue weighted by Gasteiger charge is -2.22. The fourth-order valence-electron chi connectivity index (χ4n) is 3.07. The van der Waals surface area contributed by atoms with Crippen LogP contribution in [0.1, 0.15) is 28.4 Å². The van der Waals surface area contributed by atoms with E-state index in [1.54, 1.807) is 23.1 Å². The van der Waals surface area contributed by atoms with E-state index in [4.69, 9.17) is 4.98 Å². The minimum atomic E-state index is 0. The number of rotatable bonds is 7. The zero-order chi connectivity index (χ0) is 20.3. The van der Waals surface area contributed by atoms with E-state index in [-0.39, 0.29) is 18.3 Å². The number of likely N-dealkylation sites (N-methyl/N-ethyl adjacent to an activating group) is 1. The maximum absolute atomic E-state index is 13.3. The number of hydrogen-bond donors (Lipinski definition) is 0. The second-order valence-corrected chi connectivity index (χ2v) is 9.49. The molecule has 0 aliphatic heterocycles. The normalized spacial score (nSPS) is 11.0. The lowest BCUT2D eigenvalue weighted by atomic mass is 10.1. The van der Waals surface area contributed by atoms with E-state index in [1.807, 2.05) is 43.3 Å². The minimum absolute atomic E-state index is 0. The average Bonchev–Trinajstić information content (AvgIpc) is 3.06. The monoisotopic (exact) mass is 449 g/mol. The van der Waals surface area contributed by atoms with Gasteiger partial charge in [0.15, 0.2) is 5.13 Å². The number of aryl methyl sites for hydroxylation is 2. The smallest absolute Gasteiger partial charge is 0.260 e. The molecular weight excluding hydrogens is 422 g/mol. The van der Waals surface area contributed by atoms with Crippen LogP contribution in [0.15, 0.2) is 41.3 Å². The Hall–Kier alpha value is -1.60. The van der Waals surface area contributed by atoms with Gasteiger partial charge in [-0.3, -0.25) is 9.69 Å². The quantitative estimate of drug-likeness (QED) is 0.436. The van der Waals surface area contributed by atoms with Crippen LogP contribution in [0.2, 0.25) is 0 Å². The minimum Gasteiger partial charge on any atom is -0.308 e. The number of hydrogen-bond acceptors (Lipinski definition) is 5. The topological polar surface area (TPSA) is 36.4 Å². The van der Waals surface area contributed by atoms with Crippen LogP contribution in [0.3, 0.4) is 0 Å². The summed E-state index contributed by atoms with van der Waals surface area (Å²) < 4.78 is 1.13. The highest BCUT2D eigenvalue weighted by Crippen LogP contribution is 2.32. The first-order valence-corrected chi connectivity index (χ1v) is 11.3. The van der Waals surface area contributed by atoms with E-state index < -0.39 is 0 Å². The summed E-state index contributed by atoms with van der Waals surface area (Å²) in [4.78, 5) is 23.2. The number of anilines is 1. The molecule has 1 amide bonds. The van der Waals surface area contributed by atoms with Crippen LogP contribution in [-0.2, 0) is 0 Å². The molecule has 0 unspecified atom stereocenters. The number of benzene rings is 2. The van der Waals surface area contributed by atoms with Crippen LogP contribution >= 0.6 is 35.5 Å². The van der Waals surface area contributed by atoms with Crippen molar-refractivity contribution >= 4 is 56.8 Å². The molecule has 0 atom stereocenters. The van der Waals surface area contributed by atoms with Crippen LogP contribution in [0.4, 0.5) is 5.13 Å². The second-order valence-electron chi connectivity index (χ2n) is 7.14. The van der Waals surface area contributed by atoms with Crippen molar-refractivity contribution in [2.45, 2.75) is 25.7 Å². The summed E-state index contributed by atoms with van der Waals surface area (Å²) >= 11 is 3.37. The number of carbonyl (C=O) groups is 1. The molecule has 2 aromatic carbocycles. The van der Waals surface area contributed by atoms with Crippen LogP contribution < -0.4 is 4.90 Å². The van der Waals surface area contributed by atoms with Gasteiger partial charge >= 0.3 is 0 Å². The largest absolute Gasteiger partial charge is 0.308 e. The molecule has 7 heteroatoms. The summed E-state index contributed by atoms with van der Waals surface area (Å²) in [7, 11) is 4.04. The molecule has 0 fully saturated rings. The van der Waals surface area contributed by atoms with E-state index in [0.717, 1.165) is 33.2 Å². The van der Waals surface area contributed by atoms with Gasteiger partial charge in [-0.15, -0.1) is 24.2 Å². The highest BCUT2D eigenvalue weighted by Gasteiger charge is 2.22. The van der Waals surface area contributed by atoms with Gasteiger partial charge in [0, 0.05) is 23.5 Å². The third-order valence-corrected chi connectivity index (χ3v) is 6.40. The van der Waals surface area contributed by atoms with Gasteiger partial charge in [0.2, 0.25) is 0 Å². The first kappa shape index (κ1) is 23.7. The zero-order valence-corrected chi connectivity index (χ0v) is 20.0. The van der Waals surface area contributed by atoms with Crippen LogP contribution in [0.5, 0.6) is 0 Å². The van der Waals surface area contributed by atoms with Gasteiger partial charge < -0.3 is 4.90 Å². The first-order valence-electron chi connectivity index (χ1n) is 9.46. The fourth-order valence-corrected chi connectivity index (χ4v) is 4.90. The maximum atomic E-state index is 13.3. The van der Waals surface area contributed by atoms with Crippen molar-refractivity contribution in [2.75, 3.05) is 37.8 Å². The number of thioether (sulfide) groups is 1. The summed E-state index contributed by atoms with van der Waals surface area (Å²) in [6.07, 6.45) is 0. The van der Waals surface area contributed by atoms with Crippen LogP contribution in [0, 0.1) is 13.8 Å². The summed E-state index contributed by atoms with van der Waals surface area (Å²) in [6, 6.07) is 12.2. The number of halogens is 1. The fraction of sp³-hybridized carbons (Fsp3) is 0.364. The molecular formula is C22H28ClN3OS2. The molecule has 4 nitrogen and oxygen atoms in total. The molecule has 3 aromatic rings. The van der Waals surface area contributed by atoms with Crippen molar-refractivity contribution in [3.63, 3.8) is 0 Å². The lowest BCUT2D eigenvalue weighted by Crippen LogP contribution is -2.36. The molecule has 29 heavy (non-hydrogen) atoms. The van der Waals surface area contributed by atoms with Crippen LogP contribution in [-0.4, -0.2) is 48.7 Å². The number of nitrogens with zero attached hydrogens (tertiary/aromatic N) is 3.